The van der Waals surface area contributed by atoms with Crippen molar-refractivity contribution in [1.82, 2.24) is 10.0 Å². The van der Waals surface area contributed by atoms with Crippen molar-refractivity contribution in [3.63, 3.8) is 0 Å². The van der Waals surface area contributed by atoms with E-state index in [2.05, 4.69) is 10.0 Å². The van der Waals surface area contributed by atoms with E-state index in [4.69, 9.17) is 21.1 Å². The summed E-state index contributed by atoms with van der Waals surface area (Å²) >= 11 is 5.91. The molecule has 0 spiro atoms. The highest BCUT2D eigenvalue weighted by Crippen LogP contribution is 2.26. The molecule has 0 aromatic heterocycles. The van der Waals surface area contributed by atoms with E-state index in [0.29, 0.717) is 18.9 Å². The van der Waals surface area contributed by atoms with Crippen molar-refractivity contribution in [3.05, 3.63) is 23.2 Å². The number of carbonyl (C=O) groups excluding carboxylic acids is 1. The van der Waals surface area contributed by atoms with Crippen molar-refractivity contribution < 1.29 is 22.7 Å². The Balaban J connectivity index is 1.87. The molecular formula is C14H19ClN2O5S. The molecule has 1 saturated heterocycles. The maximum absolute atomic E-state index is 12.1. The standard InChI is InChI=1S/C14H19ClN2O5S/c1-21-13-5-4-11(7-12(13)15)23(19,20)17-9-14(18)16-8-10-3-2-6-22-10/h4-5,7,10,17H,2-3,6,8-9H2,1H3,(H,16,18). The lowest BCUT2D eigenvalue weighted by molar-refractivity contribution is -0.120. The molecule has 1 heterocycles. The number of amides is 1. The minimum absolute atomic E-state index is 0.0101. The smallest absolute Gasteiger partial charge is 0.241 e. The summed E-state index contributed by atoms with van der Waals surface area (Å²) in [6.45, 7) is 0.735. The highest BCUT2D eigenvalue weighted by molar-refractivity contribution is 7.89. The van der Waals surface area contributed by atoms with Gasteiger partial charge in [0.15, 0.2) is 0 Å². The highest BCUT2D eigenvalue weighted by Gasteiger charge is 2.19. The minimum atomic E-state index is -3.82. The van der Waals surface area contributed by atoms with Crippen molar-refractivity contribution in [2.75, 3.05) is 26.8 Å². The zero-order valence-corrected chi connectivity index (χ0v) is 14.2. The number of sulfonamides is 1. The predicted molar refractivity (Wildman–Crippen MR) is 85.2 cm³/mol. The van der Waals surface area contributed by atoms with Gasteiger partial charge in [0.2, 0.25) is 15.9 Å². The lowest BCUT2D eigenvalue weighted by Gasteiger charge is -2.12. The summed E-state index contributed by atoms with van der Waals surface area (Å²) in [5.74, 6) is -0.0383. The first kappa shape index (κ1) is 18.0. The van der Waals surface area contributed by atoms with Gasteiger partial charge in [-0.25, -0.2) is 13.1 Å². The average Bonchev–Trinajstić information content (AvgIpc) is 3.04. The van der Waals surface area contributed by atoms with Crippen molar-refractivity contribution in [2.45, 2.75) is 23.8 Å². The fourth-order valence-electron chi connectivity index (χ4n) is 2.15. The summed E-state index contributed by atoms with van der Waals surface area (Å²) in [4.78, 5) is 11.7. The highest BCUT2D eigenvalue weighted by atomic mass is 35.5. The number of nitrogens with one attached hydrogen (secondary N) is 2. The molecule has 1 atom stereocenters. The normalized spacial score (nSPS) is 17.9. The van der Waals surface area contributed by atoms with E-state index in [-0.39, 0.29) is 22.6 Å². The third-order valence-electron chi connectivity index (χ3n) is 3.41. The van der Waals surface area contributed by atoms with Gasteiger partial charge < -0.3 is 14.8 Å². The Morgan fingerprint density at radius 1 is 1.48 bits per heavy atom. The molecular weight excluding hydrogens is 344 g/mol. The molecule has 23 heavy (non-hydrogen) atoms. The van der Waals surface area contributed by atoms with E-state index in [1.54, 1.807) is 0 Å². The number of benzene rings is 1. The molecule has 2 rings (SSSR count). The van der Waals surface area contributed by atoms with Crippen LogP contribution in [-0.4, -0.2) is 47.2 Å². The average molecular weight is 363 g/mol. The van der Waals surface area contributed by atoms with Gasteiger partial charge in [-0.05, 0) is 31.0 Å². The Morgan fingerprint density at radius 3 is 2.87 bits per heavy atom. The summed E-state index contributed by atoms with van der Waals surface area (Å²) in [6.07, 6.45) is 1.89. The molecule has 1 unspecified atom stereocenters. The van der Waals surface area contributed by atoms with Crippen molar-refractivity contribution in [3.8, 4) is 5.75 Å². The Labute approximate surface area is 140 Å². The molecule has 1 fully saturated rings. The summed E-state index contributed by atoms with van der Waals surface area (Å²) < 4.78 is 36.8. The van der Waals surface area contributed by atoms with Crippen LogP contribution in [0.4, 0.5) is 0 Å². The van der Waals surface area contributed by atoms with Crippen molar-refractivity contribution in [1.29, 1.82) is 0 Å². The fraction of sp³-hybridized carbons (Fsp3) is 0.500. The van der Waals surface area contributed by atoms with E-state index in [1.807, 2.05) is 0 Å². The summed E-state index contributed by atoms with van der Waals surface area (Å²) in [7, 11) is -2.39. The SMILES string of the molecule is COc1ccc(S(=O)(=O)NCC(=O)NCC2CCCO2)cc1Cl. The topological polar surface area (TPSA) is 93.7 Å². The molecule has 9 heteroatoms. The predicted octanol–water partition coefficient (Wildman–Crippen LogP) is 0.922. The van der Waals surface area contributed by atoms with Gasteiger partial charge in [-0.3, -0.25) is 4.79 Å². The zero-order chi connectivity index (χ0) is 16.9. The second-order valence-electron chi connectivity index (χ2n) is 5.06. The molecule has 1 aliphatic rings. The Hall–Kier alpha value is -1.35. The van der Waals surface area contributed by atoms with Gasteiger partial charge in [0.1, 0.15) is 5.75 Å². The monoisotopic (exact) mass is 362 g/mol. The number of halogens is 1. The largest absolute Gasteiger partial charge is 0.495 e. The van der Waals surface area contributed by atoms with Gasteiger partial charge in [0.05, 0.1) is 29.7 Å². The van der Waals surface area contributed by atoms with E-state index >= 15 is 0 Å². The van der Waals surface area contributed by atoms with Crippen molar-refractivity contribution in [2.24, 2.45) is 0 Å². The number of rotatable bonds is 7. The van der Waals surface area contributed by atoms with E-state index < -0.39 is 15.9 Å². The second-order valence-corrected chi connectivity index (χ2v) is 7.23. The van der Waals surface area contributed by atoms with Crippen LogP contribution >= 0.6 is 11.6 Å². The van der Waals surface area contributed by atoms with Crippen LogP contribution in [-0.2, 0) is 19.6 Å². The Morgan fingerprint density at radius 2 is 2.26 bits per heavy atom. The van der Waals surface area contributed by atoms with Crippen LogP contribution in [0.2, 0.25) is 5.02 Å². The lowest BCUT2D eigenvalue weighted by Crippen LogP contribution is -2.39. The fourth-order valence-corrected chi connectivity index (χ4v) is 3.48. The van der Waals surface area contributed by atoms with Gasteiger partial charge in [0, 0.05) is 13.2 Å². The molecule has 1 amide bonds. The summed E-state index contributed by atoms with van der Waals surface area (Å²) in [5, 5.41) is 2.82. The molecule has 1 aliphatic heterocycles. The second kappa shape index (κ2) is 7.96. The number of methoxy groups -OCH3 is 1. The van der Waals surface area contributed by atoms with Crippen LogP contribution in [0.5, 0.6) is 5.75 Å². The van der Waals surface area contributed by atoms with E-state index in [0.717, 1.165) is 12.8 Å². The number of hydrogen-bond donors (Lipinski definition) is 2. The third kappa shape index (κ3) is 5.07. The maximum Gasteiger partial charge on any atom is 0.241 e. The molecule has 2 N–H and O–H groups in total. The molecule has 128 valence electrons. The molecule has 0 aliphatic carbocycles. The van der Waals surface area contributed by atoms with Crippen LogP contribution in [0.25, 0.3) is 0 Å². The number of ether oxygens (including phenoxy) is 2. The summed E-state index contributed by atoms with van der Waals surface area (Å²) in [6, 6.07) is 4.08. The first-order valence-electron chi connectivity index (χ1n) is 7.14. The molecule has 0 bridgehead atoms. The maximum atomic E-state index is 12.1. The van der Waals surface area contributed by atoms with Crippen LogP contribution in [0.15, 0.2) is 23.1 Å². The van der Waals surface area contributed by atoms with Gasteiger partial charge >= 0.3 is 0 Å². The van der Waals surface area contributed by atoms with Gasteiger partial charge in [-0.2, -0.15) is 0 Å². The van der Waals surface area contributed by atoms with Gasteiger partial charge in [0.25, 0.3) is 0 Å². The number of hydrogen-bond acceptors (Lipinski definition) is 5. The molecule has 0 saturated carbocycles. The molecule has 0 radical (unpaired) electrons. The lowest BCUT2D eigenvalue weighted by atomic mass is 10.2. The quantitative estimate of drug-likeness (QED) is 0.752. The Kier molecular flexibility index (Phi) is 6.23. The summed E-state index contributed by atoms with van der Waals surface area (Å²) in [5.41, 5.74) is 0. The van der Waals surface area contributed by atoms with Crippen molar-refractivity contribution >= 4 is 27.5 Å². The first-order chi connectivity index (χ1) is 10.9. The molecule has 7 nitrogen and oxygen atoms in total. The minimum Gasteiger partial charge on any atom is -0.495 e. The van der Waals surface area contributed by atoms with E-state index in [9.17, 15) is 13.2 Å². The van der Waals surface area contributed by atoms with Gasteiger partial charge in [-0.1, -0.05) is 11.6 Å². The van der Waals surface area contributed by atoms with Crippen LogP contribution in [0, 0.1) is 0 Å². The van der Waals surface area contributed by atoms with Gasteiger partial charge in [-0.15, -0.1) is 0 Å². The third-order valence-corrected chi connectivity index (χ3v) is 5.10. The molecule has 1 aromatic carbocycles. The van der Waals surface area contributed by atoms with Crippen LogP contribution in [0.3, 0.4) is 0 Å². The van der Waals surface area contributed by atoms with E-state index in [1.165, 1.54) is 25.3 Å². The Bertz CT molecular complexity index is 659. The number of carbonyl (C=O) groups is 1. The van der Waals surface area contributed by atoms with Crippen LogP contribution in [0.1, 0.15) is 12.8 Å². The first-order valence-corrected chi connectivity index (χ1v) is 9.00. The van der Waals surface area contributed by atoms with Crippen LogP contribution < -0.4 is 14.8 Å². The molecule has 1 aromatic rings. The zero-order valence-electron chi connectivity index (χ0n) is 12.7.